The van der Waals surface area contributed by atoms with Gasteiger partial charge in [0.25, 0.3) is 0 Å². The molecular weight excluding hydrogens is 142 g/mol. The lowest BCUT2D eigenvalue weighted by atomic mass is 10.4. The van der Waals surface area contributed by atoms with Crippen molar-refractivity contribution < 1.29 is 9.47 Å². The highest BCUT2D eigenvalue weighted by atomic mass is 16.5. The summed E-state index contributed by atoms with van der Waals surface area (Å²) >= 11 is 0. The van der Waals surface area contributed by atoms with Crippen LogP contribution in [0.15, 0.2) is 18.5 Å². The third-order valence-electron chi connectivity index (χ3n) is 1.14. The fraction of sp³-hybridized carbons (Fsp3) is 0.375. The molecule has 0 bridgehead atoms. The van der Waals surface area contributed by atoms with Crippen molar-refractivity contribution in [3.63, 3.8) is 0 Å². The standard InChI is InChI=1S/C8H10NO2/c1-10-6-7-11-8-2-4-9-5-3-8/h2,4-5H,6-7H2,1H3. The van der Waals surface area contributed by atoms with E-state index in [1.807, 2.05) is 0 Å². The van der Waals surface area contributed by atoms with E-state index in [0.29, 0.717) is 19.0 Å². The zero-order valence-corrected chi connectivity index (χ0v) is 6.41. The van der Waals surface area contributed by atoms with Crippen molar-refractivity contribution in [2.75, 3.05) is 20.3 Å². The predicted molar refractivity (Wildman–Crippen MR) is 40.4 cm³/mol. The SMILES string of the molecule is COCCOc1[c]cncc1. The summed E-state index contributed by atoms with van der Waals surface area (Å²) in [6.07, 6.45) is 3.24. The third-order valence-corrected chi connectivity index (χ3v) is 1.14. The Morgan fingerprint density at radius 3 is 3.09 bits per heavy atom. The maximum atomic E-state index is 5.23. The molecule has 0 aliphatic heterocycles. The van der Waals surface area contributed by atoms with E-state index < -0.39 is 0 Å². The number of aromatic nitrogens is 1. The summed E-state index contributed by atoms with van der Waals surface area (Å²) in [5.74, 6) is 0.706. The van der Waals surface area contributed by atoms with Gasteiger partial charge in [0.1, 0.15) is 12.4 Å². The van der Waals surface area contributed by atoms with Gasteiger partial charge in [-0.15, -0.1) is 0 Å². The summed E-state index contributed by atoms with van der Waals surface area (Å²) in [6, 6.07) is 4.60. The Morgan fingerprint density at radius 2 is 2.45 bits per heavy atom. The molecule has 0 saturated heterocycles. The Balaban J connectivity index is 2.28. The number of methoxy groups -OCH3 is 1. The highest BCUT2D eigenvalue weighted by Crippen LogP contribution is 2.04. The summed E-state index contributed by atoms with van der Waals surface area (Å²) in [4.78, 5) is 3.81. The van der Waals surface area contributed by atoms with Gasteiger partial charge in [-0.05, 0) is 6.07 Å². The Bertz CT molecular complexity index is 189. The van der Waals surface area contributed by atoms with Crippen molar-refractivity contribution in [3.8, 4) is 5.75 Å². The van der Waals surface area contributed by atoms with E-state index in [2.05, 4.69) is 11.1 Å². The molecule has 3 nitrogen and oxygen atoms in total. The topological polar surface area (TPSA) is 31.4 Å². The molecule has 0 saturated carbocycles. The van der Waals surface area contributed by atoms with Gasteiger partial charge in [0, 0.05) is 25.6 Å². The second-order valence-corrected chi connectivity index (χ2v) is 1.94. The van der Waals surface area contributed by atoms with E-state index in [-0.39, 0.29) is 0 Å². The number of nitrogens with zero attached hydrogens (tertiary/aromatic N) is 1. The number of ether oxygens (including phenoxy) is 2. The molecule has 11 heavy (non-hydrogen) atoms. The number of hydrogen-bond acceptors (Lipinski definition) is 3. The van der Waals surface area contributed by atoms with E-state index >= 15 is 0 Å². The average Bonchev–Trinajstić information content (AvgIpc) is 2.07. The van der Waals surface area contributed by atoms with Crippen LogP contribution in [0.25, 0.3) is 0 Å². The lowest BCUT2D eigenvalue weighted by Gasteiger charge is -2.02. The molecule has 1 heterocycles. The van der Waals surface area contributed by atoms with Crippen LogP contribution in [0.2, 0.25) is 0 Å². The Hall–Kier alpha value is -1.09. The van der Waals surface area contributed by atoms with Crippen LogP contribution >= 0.6 is 0 Å². The largest absolute Gasteiger partial charge is 0.490 e. The van der Waals surface area contributed by atoms with E-state index in [9.17, 15) is 0 Å². The van der Waals surface area contributed by atoms with Crippen molar-refractivity contribution in [2.24, 2.45) is 0 Å². The van der Waals surface area contributed by atoms with Crippen LogP contribution in [-0.2, 0) is 4.74 Å². The summed E-state index contributed by atoms with van der Waals surface area (Å²) in [5, 5.41) is 0. The molecule has 1 radical (unpaired) electrons. The van der Waals surface area contributed by atoms with Gasteiger partial charge in [-0.3, -0.25) is 4.98 Å². The van der Waals surface area contributed by atoms with Crippen LogP contribution in [0.5, 0.6) is 5.75 Å². The molecule has 3 heteroatoms. The molecule has 1 aromatic heterocycles. The van der Waals surface area contributed by atoms with Crippen molar-refractivity contribution >= 4 is 0 Å². The fourth-order valence-electron chi connectivity index (χ4n) is 0.627. The van der Waals surface area contributed by atoms with Gasteiger partial charge in [0.05, 0.1) is 6.61 Å². The smallest absolute Gasteiger partial charge is 0.130 e. The molecule has 1 rings (SSSR count). The van der Waals surface area contributed by atoms with Crippen LogP contribution in [0.1, 0.15) is 0 Å². The summed E-state index contributed by atoms with van der Waals surface area (Å²) < 4.78 is 10.0. The van der Waals surface area contributed by atoms with E-state index in [0.717, 1.165) is 0 Å². The van der Waals surface area contributed by atoms with Gasteiger partial charge in [-0.1, -0.05) is 0 Å². The van der Waals surface area contributed by atoms with Gasteiger partial charge in [-0.25, -0.2) is 0 Å². The fourth-order valence-corrected chi connectivity index (χ4v) is 0.627. The van der Waals surface area contributed by atoms with E-state index in [1.165, 1.54) is 0 Å². The number of rotatable bonds is 4. The minimum absolute atomic E-state index is 0.553. The minimum Gasteiger partial charge on any atom is -0.490 e. The quantitative estimate of drug-likeness (QED) is 0.601. The average molecular weight is 152 g/mol. The molecule has 0 spiro atoms. The first-order valence-electron chi connectivity index (χ1n) is 3.37. The van der Waals surface area contributed by atoms with Crippen molar-refractivity contribution in [1.82, 2.24) is 4.98 Å². The van der Waals surface area contributed by atoms with Gasteiger partial charge in [0.15, 0.2) is 0 Å². The van der Waals surface area contributed by atoms with Crippen LogP contribution in [0, 0.1) is 6.07 Å². The molecule has 0 aliphatic carbocycles. The highest BCUT2D eigenvalue weighted by Gasteiger charge is 1.89. The second-order valence-electron chi connectivity index (χ2n) is 1.94. The van der Waals surface area contributed by atoms with Crippen molar-refractivity contribution in [3.05, 3.63) is 24.5 Å². The minimum atomic E-state index is 0.553. The Labute approximate surface area is 66.0 Å². The summed E-state index contributed by atoms with van der Waals surface area (Å²) in [6.45, 7) is 1.15. The molecule has 59 valence electrons. The first-order chi connectivity index (χ1) is 5.43. The molecule has 0 aromatic carbocycles. The van der Waals surface area contributed by atoms with Gasteiger partial charge in [-0.2, -0.15) is 0 Å². The molecule has 0 fully saturated rings. The molecule has 0 amide bonds. The van der Waals surface area contributed by atoms with E-state index in [4.69, 9.17) is 9.47 Å². The van der Waals surface area contributed by atoms with Crippen LogP contribution in [0.3, 0.4) is 0 Å². The van der Waals surface area contributed by atoms with E-state index in [1.54, 1.807) is 25.6 Å². The first-order valence-corrected chi connectivity index (χ1v) is 3.37. The lowest BCUT2D eigenvalue weighted by molar-refractivity contribution is 0.146. The molecular formula is C8H10NO2. The Kier molecular flexibility index (Phi) is 3.41. The normalized spacial score (nSPS) is 9.55. The maximum absolute atomic E-state index is 5.23. The van der Waals surface area contributed by atoms with Gasteiger partial charge in [0.2, 0.25) is 0 Å². The van der Waals surface area contributed by atoms with Crippen molar-refractivity contribution in [1.29, 1.82) is 0 Å². The van der Waals surface area contributed by atoms with Crippen molar-refractivity contribution in [2.45, 2.75) is 0 Å². The second kappa shape index (κ2) is 4.68. The number of hydrogen-bond donors (Lipinski definition) is 0. The van der Waals surface area contributed by atoms with Crippen LogP contribution in [0.4, 0.5) is 0 Å². The molecule has 1 aromatic rings. The Morgan fingerprint density at radius 1 is 1.55 bits per heavy atom. The van der Waals surface area contributed by atoms with Crippen LogP contribution < -0.4 is 4.74 Å². The van der Waals surface area contributed by atoms with Crippen LogP contribution in [-0.4, -0.2) is 25.3 Å². The zero-order valence-electron chi connectivity index (χ0n) is 6.41. The molecule has 0 unspecified atom stereocenters. The third kappa shape index (κ3) is 3.00. The lowest BCUT2D eigenvalue weighted by Crippen LogP contribution is -2.03. The highest BCUT2D eigenvalue weighted by molar-refractivity contribution is 5.14. The van der Waals surface area contributed by atoms with Gasteiger partial charge < -0.3 is 9.47 Å². The monoisotopic (exact) mass is 152 g/mol. The van der Waals surface area contributed by atoms with Gasteiger partial charge >= 0.3 is 0 Å². The first kappa shape index (κ1) is 8.01. The zero-order chi connectivity index (χ0) is 7.94. The maximum Gasteiger partial charge on any atom is 0.130 e. The molecule has 0 atom stereocenters. The molecule has 0 N–H and O–H groups in total. The summed E-state index contributed by atoms with van der Waals surface area (Å²) in [5.41, 5.74) is 0. The molecule has 0 aliphatic rings. The number of pyridine rings is 1. The summed E-state index contributed by atoms with van der Waals surface area (Å²) in [7, 11) is 1.64. The predicted octanol–water partition coefficient (Wildman–Crippen LogP) is 0.907.